The summed E-state index contributed by atoms with van der Waals surface area (Å²) >= 11 is 2.87. The SMILES string of the molecule is Oc1ccc(/C=N/NC([Se])=Nc2cccc3ccccc23)cc1. The van der Waals surface area contributed by atoms with Crippen molar-refractivity contribution in [3.05, 3.63) is 72.3 Å². The molecule has 0 amide bonds. The molecule has 0 aromatic heterocycles. The molecule has 0 unspecified atom stereocenters. The second kappa shape index (κ2) is 7.09. The number of nitrogens with zero attached hydrogens (tertiary/aromatic N) is 2. The summed E-state index contributed by atoms with van der Waals surface area (Å²) in [5.41, 5.74) is 4.62. The van der Waals surface area contributed by atoms with Gasteiger partial charge >= 0.3 is 142 Å². The van der Waals surface area contributed by atoms with Crippen LogP contribution >= 0.6 is 0 Å². The normalized spacial score (nSPS) is 11.9. The third kappa shape index (κ3) is 3.97. The fraction of sp³-hybridized carbons (Fsp3) is 0. The van der Waals surface area contributed by atoms with Crippen molar-refractivity contribution in [1.29, 1.82) is 0 Å². The first-order valence-corrected chi connectivity index (χ1v) is 7.89. The molecule has 0 atom stereocenters. The summed E-state index contributed by atoms with van der Waals surface area (Å²) in [6.45, 7) is 0. The summed E-state index contributed by atoms with van der Waals surface area (Å²) < 4.78 is 0.580. The van der Waals surface area contributed by atoms with Gasteiger partial charge in [0.25, 0.3) is 0 Å². The van der Waals surface area contributed by atoms with E-state index in [-0.39, 0.29) is 5.75 Å². The predicted molar refractivity (Wildman–Crippen MR) is 95.6 cm³/mol. The predicted octanol–water partition coefficient (Wildman–Crippen LogP) is 3.33. The van der Waals surface area contributed by atoms with Gasteiger partial charge in [-0.15, -0.1) is 0 Å². The Morgan fingerprint density at radius 1 is 0.957 bits per heavy atom. The van der Waals surface area contributed by atoms with E-state index in [1.165, 1.54) is 0 Å². The van der Waals surface area contributed by atoms with Crippen molar-refractivity contribution in [3.63, 3.8) is 0 Å². The molecule has 3 aromatic carbocycles. The van der Waals surface area contributed by atoms with Crippen LogP contribution in [0.4, 0.5) is 5.69 Å². The minimum absolute atomic E-state index is 0.233. The fourth-order valence-corrected chi connectivity index (χ4v) is 2.48. The van der Waals surface area contributed by atoms with Crippen molar-refractivity contribution >= 4 is 43.4 Å². The van der Waals surface area contributed by atoms with Crippen molar-refractivity contribution in [2.45, 2.75) is 0 Å². The topological polar surface area (TPSA) is 57.0 Å². The molecule has 0 saturated carbocycles. The number of aromatic hydroxyl groups is 1. The van der Waals surface area contributed by atoms with E-state index < -0.39 is 0 Å². The third-order valence-corrected chi connectivity index (χ3v) is 3.64. The summed E-state index contributed by atoms with van der Waals surface area (Å²) in [4.78, 5) is 4.53. The van der Waals surface area contributed by atoms with E-state index in [0.29, 0.717) is 4.73 Å². The van der Waals surface area contributed by atoms with Gasteiger partial charge < -0.3 is 0 Å². The van der Waals surface area contributed by atoms with Gasteiger partial charge in [0.2, 0.25) is 0 Å². The molecule has 4 nitrogen and oxygen atoms in total. The summed E-state index contributed by atoms with van der Waals surface area (Å²) in [6.07, 6.45) is 1.66. The molecule has 0 aliphatic rings. The molecule has 0 aliphatic heterocycles. The van der Waals surface area contributed by atoms with Crippen LogP contribution in [0.3, 0.4) is 0 Å². The van der Waals surface area contributed by atoms with Crippen LogP contribution in [0.25, 0.3) is 10.8 Å². The summed E-state index contributed by atoms with van der Waals surface area (Å²) in [6, 6.07) is 20.9. The van der Waals surface area contributed by atoms with Crippen LogP contribution in [0.2, 0.25) is 0 Å². The second-order valence-electron chi connectivity index (χ2n) is 4.88. The van der Waals surface area contributed by atoms with Crippen LogP contribution in [0.15, 0.2) is 76.8 Å². The summed E-state index contributed by atoms with van der Waals surface area (Å²) in [7, 11) is 0. The Kier molecular flexibility index (Phi) is 4.71. The molecular formula is C18H14N3OSe. The van der Waals surface area contributed by atoms with E-state index in [1.54, 1.807) is 30.5 Å². The molecular weight excluding hydrogens is 353 g/mol. The quantitative estimate of drug-likeness (QED) is 0.323. The maximum atomic E-state index is 9.24. The van der Waals surface area contributed by atoms with E-state index in [0.717, 1.165) is 22.0 Å². The van der Waals surface area contributed by atoms with Crippen molar-refractivity contribution < 1.29 is 5.11 Å². The van der Waals surface area contributed by atoms with Gasteiger partial charge in [-0.25, -0.2) is 0 Å². The average Bonchev–Trinajstić information content (AvgIpc) is 2.57. The molecule has 23 heavy (non-hydrogen) atoms. The first-order chi connectivity index (χ1) is 11.2. The molecule has 0 spiro atoms. The van der Waals surface area contributed by atoms with Gasteiger partial charge in [-0.3, -0.25) is 0 Å². The number of hydrogen-bond acceptors (Lipinski definition) is 3. The molecule has 3 rings (SSSR count). The Labute approximate surface area is 142 Å². The Morgan fingerprint density at radius 2 is 1.70 bits per heavy atom. The number of hydrazone groups is 1. The number of phenolic OH excluding ortho intramolecular Hbond substituents is 1. The molecule has 5 heteroatoms. The zero-order valence-corrected chi connectivity index (χ0v) is 13.9. The van der Waals surface area contributed by atoms with E-state index in [2.05, 4.69) is 43.7 Å². The summed E-state index contributed by atoms with van der Waals surface area (Å²) in [5.74, 6) is 0.233. The molecule has 1 radical (unpaired) electrons. The van der Waals surface area contributed by atoms with Gasteiger partial charge in [-0.2, -0.15) is 0 Å². The number of benzene rings is 3. The van der Waals surface area contributed by atoms with E-state index in [4.69, 9.17) is 0 Å². The van der Waals surface area contributed by atoms with E-state index >= 15 is 0 Å². The van der Waals surface area contributed by atoms with Gasteiger partial charge in [0, 0.05) is 0 Å². The zero-order valence-electron chi connectivity index (χ0n) is 12.2. The van der Waals surface area contributed by atoms with Gasteiger partial charge in [0.05, 0.1) is 0 Å². The molecule has 0 heterocycles. The van der Waals surface area contributed by atoms with Crippen molar-refractivity contribution in [1.82, 2.24) is 5.43 Å². The van der Waals surface area contributed by atoms with Crippen molar-refractivity contribution in [3.8, 4) is 5.75 Å². The number of hydrogen-bond donors (Lipinski definition) is 2. The molecule has 0 fully saturated rings. The number of phenols is 1. The number of rotatable bonds is 3. The standard InChI is InChI=1S/C18H14N3OSe/c22-15-10-8-13(9-11-15)12-19-21-18(23)20-17-7-3-5-14-4-1-2-6-16(14)17/h1-12,22H,(H,20,21)/b19-12+. The molecule has 0 aliphatic carbocycles. The molecule has 0 bridgehead atoms. The zero-order chi connectivity index (χ0) is 16.1. The average molecular weight is 367 g/mol. The number of aliphatic imine (C=N–C) groups is 1. The maximum absolute atomic E-state index is 9.24. The van der Waals surface area contributed by atoms with Crippen LogP contribution in [0.1, 0.15) is 5.56 Å². The second-order valence-corrected chi connectivity index (χ2v) is 5.69. The molecule has 2 N–H and O–H groups in total. The van der Waals surface area contributed by atoms with E-state index in [1.807, 2.05) is 30.3 Å². The Balaban J connectivity index is 1.75. The molecule has 3 aromatic rings. The first-order valence-electron chi connectivity index (χ1n) is 7.04. The van der Waals surface area contributed by atoms with Crippen molar-refractivity contribution in [2.75, 3.05) is 0 Å². The minimum atomic E-state index is 0.233. The fourth-order valence-electron chi connectivity index (χ4n) is 2.16. The number of amidine groups is 1. The monoisotopic (exact) mass is 368 g/mol. The number of nitrogens with one attached hydrogen (secondary N) is 1. The first kappa shape index (κ1) is 15.3. The van der Waals surface area contributed by atoms with Crippen LogP contribution in [0, 0.1) is 0 Å². The Morgan fingerprint density at radius 3 is 2.52 bits per heavy atom. The Hall–Kier alpha value is -2.62. The van der Waals surface area contributed by atoms with Gasteiger partial charge in [0.1, 0.15) is 0 Å². The Bertz CT molecular complexity index is 868. The van der Waals surface area contributed by atoms with Gasteiger partial charge in [-0.05, 0) is 0 Å². The van der Waals surface area contributed by atoms with Crippen molar-refractivity contribution in [2.24, 2.45) is 10.1 Å². The third-order valence-electron chi connectivity index (χ3n) is 3.26. The molecule has 0 saturated heterocycles. The van der Waals surface area contributed by atoms with E-state index in [9.17, 15) is 5.11 Å². The van der Waals surface area contributed by atoms with Crippen LogP contribution in [-0.2, 0) is 0 Å². The van der Waals surface area contributed by atoms with Gasteiger partial charge in [0.15, 0.2) is 0 Å². The number of fused-ring (bicyclic) bond motifs is 1. The van der Waals surface area contributed by atoms with Crippen LogP contribution in [0.5, 0.6) is 5.75 Å². The van der Waals surface area contributed by atoms with Crippen LogP contribution < -0.4 is 5.43 Å². The van der Waals surface area contributed by atoms with Gasteiger partial charge in [-0.1, -0.05) is 0 Å². The summed E-state index contributed by atoms with van der Waals surface area (Å²) in [5, 5.41) is 15.6. The molecule has 113 valence electrons. The van der Waals surface area contributed by atoms with Crippen LogP contribution in [-0.4, -0.2) is 32.1 Å².